The summed E-state index contributed by atoms with van der Waals surface area (Å²) in [6.45, 7) is 21.7. The van der Waals surface area contributed by atoms with E-state index in [0.717, 1.165) is 49.7 Å². The zero-order valence-electron chi connectivity index (χ0n) is 76.2. The molecule has 9 rings (SSSR count). The van der Waals surface area contributed by atoms with Gasteiger partial charge in [-0.2, -0.15) is 10.1 Å². The molecule has 3 aliphatic heterocycles. The van der Waals surface area contributed by atoms with Crippen LogP contribution in [-0.4, -0.2) is 285 Å². The number of ether oxygens (including phenoxy) is 14. The van der Waals surface area contributed by atoms with E-state index >= 15 is 0 Å². The predicted molar refractivity (Wildman–Crippen MR) is 472 cm³/mol. The number of oxazole rings is 1. The zero-order valence-corrected chi connectivity index (χ0v) is 76.2. The fraction of sp³-hybridized carbons (Fsp3) is 0.696. The van der Waals surface area contributed by atoms with Gasteiger partial charge in [0, 0.05) is 96.8 Å². The minimum Gasteiger partial charge on any atom is -0.460 e. The monoisotopic (exact) mass is 1780 g/mol. The maximum atomic E-state index is 14.8. The number of aliphatic hydroxyl groups is 2. The average molecular weight is 1780 g/mol. The quantitative estimate of drug-likeness (QED) is 0.0105. The first kappa shape index (κ1) is 102. The van der Waals surface area contributed by atoms with E-state index in [9.17, 15) is 39.0 Å². The smallest absolute Gasteiger partial charge is 0.329 e. The number of hydrogen-bond acceptors (Lipinski definition) is 31. The molecule has 4 aliphatic rings. The Morgan fingerprint density at radius 2 is 1.42 bits per heavy atom. The summed E-state index contributed by atoms with van der Waals surface area (Å²) in [7, 11) is 4.61. The molecule has 127 heavy (non-hydrogen) atoms. The zero-order chi connectivity index (χ0) is 91.0. The van der Waals surface area contributed by atoms with Crippen molar-refractivity contribution < 1.29 is 110 Å². The molecule has 2 bridgehead atoms. The van der Waals surface area contributed by atoms with Crippen molar-refractivity contribution in [2.75, 3.05) is 152 Å². The summed E-state index contributed by atoms with van der Waals surface area (Å²) in [5, 5.41) is 40.7. The Morgan fingerprint density at radius 3 is 2.13 bits per heavy atom. The van der Waals surface area contributed by atoms with Gasteiger partial charge in [-0.1, -0.05) is 76.3 Å². The molecule has 0 unspecified atom stereocenters. The van der Waals surface area contributed by atoms with Crippen molar-refractivity contribution in [1.29, 1.82) is 0 Å². The van der Waals surface area contributed by atoms with Crippen molar-refractivity contribution in [3.8, 4) is 11.3 Å². The third kappa shape index (κ3) is 32.4. The van der Waals surface area contributed by atoms with E-state index in [1.807, 2.05) is 81.1 Å². The first-order valence-electron chi connectivity index (χ1n) is 45.4. The van der Waals surface area contributed by atoms with E-state index in [1.54, 1.807) is 51.8 Å². The Bertz CT molecular complexity index is 4320. The largest absolute Gasteiger partial charge is 0.460 e. The second-order valence-electron chi connectivity index (χ2n) is 33.9. The number of cyclic esters (lactones) is 1. The first-order valence-corrected chi connectivity index (χ1v) is 45.4. The second kappa shape index (κ2) is 54.4. The van der Waals surface area contributed by atoms with Gasteiger partial charge in [-0.25, -0.2) is 24.1 Å². The number of hydrogen-bond donors (Lipinski definition) is 5. The van der Waals surface area contributed by atoms with E-state index in [1.165, 1.54) is 18.3 Å². The van der Waals surface area contributed by atoms with Crippen LogP contribution in [0.15, 0.2) is 82.7 Å². The van der Waals surface area contributed by atoms with Crippen LogP contribution in [0.3, 0.4) is 0 Å². The van der Waals surface area contributed by atoms with Crippen LogP contribution < -0.4 is 16.8 Å². The SMILES string of the molecule is CO[C@H]1C[C@@H]2CC[C@@H](C)[C@@](O)(O2)C(=O)C(=O)N2CCCC[C@H]2C(=O)O[C@H]([C@H](C)C[C@@H]2CC[C@@H](OCCOCc3cn(CCOCCOCCOCCOCCOCCCCCOCCOCCC(=O)NCCCCn4nc(-c5ccc6oc(N)nc6c5)c5c(N)ncnc54)nn3)[C@H](OC)C2)CC(=O)[C@H](C)/C=C(\C)[C@@H](O)[C@@H](OC)C(=O)[C@H](C)C[C@H](C)/C=C/C=CC=C1C. The number of Topliss-reactive ketones (excluding diaryl/α,β-unsaturated/α-hetero) is 3. The van der Waals surface area contributed by atoms with Crippen LogP contribution in [0.2, 0.25) is 0 Å². The molecule has 7 N–H and O–H groups in total. The highest BCUT2D eigenvalue weighted by atomic mass is 16.6. The highest BCUT2D eigenvalue weighted by Crippen LogP contribution is 2.40. The van der Waals surface area contributed by atoms with Crippen LogP contribution in [-0.2, 0) is 115 Å². The molecule has 7 heterocycles. The van der Waals surface area contributed by atoms with Gasteiger partial charge in [-0.05, 0) is 157 Å². The molecule has 0 radical (unpaired) electrons. The van der Waals surface area contributed by atoms with Crippen molar-refractivity contribution >= 4 is 69.1 Å². The third-order valence-corrected chi connectivity index (χ3v) is 24.1. The van der Waals surface area contributed by atoms with Gasteiger partial charge in [-0.3, -0.25) is 24.0 Å². The fourth-order valence-corrected chi connectivity index (χ4v) is 16.6. The lowest BCUT2D eigenvalue weighted by Gasteiger charge is -2.42. The number of rotatable bonds is 45. The lowest BCUT2D eigenvalue weighted by atomic mass is 9.78. The van der Waals surface area contributed by atoms with Crippen LogP contribution in [0.25, 0.3) is 33.4 Å². The summed E-state index contributed by atoms with van der Waals surface area (Å²) < 4.78 is 91.2. The Kier molecular flexibility index (Phi) is 43.9. The van der Waals surface area contributed by atoms with Crippen molar-refractivity contribution in [3.63, 3.8) is 0 Å². The molecule has 1 aliphatic carbocycles. The van der Waals surface area contributed by atoms with Gasteiger partial charge in [0.15, 0.2) is 17.0 Å². The van der Waals surface area contributed by atoms with Gasteiger partial charge in [0.25, 0.3) is 17.7 Å². The third-order valence-electron chi connectivity index (χ3n) is 24.1. The molecular formula is C92H140N12O23. The van der Waals surface area contributed by atoms with Crippen LogP contribution in [0.5, 0.6) is 0 Å². The normalized spacial score (nSPS) is 25.9. The number of nitrogens with zero attached hydrogens (tertiary/aromatic N) is 9. The molecule has 2 saturated heterocycles. The number of ketones is 3. The number of aryl methyl sites for hydroxylation is 1. The number of allylic oxidation sites excluding steroid dienone is 6. The molecule has 35 nitrogen and oxygen atoms in total. The van der Waals surface area contributed by atoms with Gasteiger partial charge in [0.2, 0.25) is 11.7 Å². The van der Waals surface area contributed by atoms with E-state index in [0.29, 0.717) is 228 Å². The number of methoxy groups -OCH3 is 3. The Labute approximate surface area is 746 Å². The number of nitrogen functional groups attached to an aromatic ring is 2. The van der Waals surface area contributed by atoms with Crippen molar-refractivity contribution in [1.82, 2.24) is 49.9 Å². The molecule has 1 aromatic carbocycles. The summed E-state index contributed by atoms with van der Waals surface area (Å²) in [6, 6.07) is 4.41. The number of esters is 1. The lowest BCUT2D eigenvalue weighted by molar-refractivity contribution is -0.265. The average Bonchev–Trinajstić information content (AvgIpc) is 1.54. The fourth-order valence-electron chi connectivity index (χ4n) is 16.6. The van der Waals surface area contributed by atoms with Crippen molar-refractivity contribution in [3.05, 3.63) is 84.0 Å². The number of aliphatic hydroxyl groups excluding tert-OH is 1. The minimum absolute atomic E-state index is 0.00818. The van der Waals surface area contributed by atoms with E-state index < -0.39 is 77.8 Å². The standard InChI is InChI=1S/C92H140N12O23/c1-61-21-13-11-14-22-62(2)77(113-8)56-71-27-24-67(7)92(112,127-71)86(109)89(110)103-32-17-15-23-73(103)90(111)125-78(57-74(105)63(3)52-66(6)84(108)85(115-10)83(107)65(5)51-61)64(4)53-68-25-28-76(79(54-68)114-9)124-50-49-123-59-70-58-102(101-99-70)34-38-119-42-44-121-46-48-122-47-45-120-43-40-117-36-20-12-19-35-116-39-41-118-37-30-80(106)95-31-16-18-33-104-88-81(87(93)96-60-97-88)82(100-104)69-26-29-75-72(55-69)98-91(94)126-75/h11,13-14,21-22,26,29,52,55,58,60-61,63-65,67-68,71,73,76-79,84-85,108,112H,12,15-20,23-25,27-28,30-51,53-54,56-57,59H2,1-10H3,(H2,94,98)(H,95,106)(H2,93,96,97)/b14-11?,21-13+,62-22?,66-52+/t61-,63-,64-,65-,67-,68+,71+,73+,76-,77+,78+,79-,84-,85+,92-/m1/s1. The first-order chi connectivity index (χ1) is 61.4. The van der Waals surface area contributed by atoms with E-state index in [-0.39, 0.29) is 85.9 Å². The lowest BCUT2D eigenvalue weighted by Crippen LogP contribution is -2.61. The molecule has 0 spiro atoms. The summed E-state index contributed by atoms with van der Waals surface area (Å²) in [6.07, 6.45) is 19.2. The van der Waals surface area contributed by atoms with Gasteiger partial charge in [-0.15, -0.1) is 5.10 Å². The van der Waals surface area contributed by atoms with E-state index in [2.05, 4.69) is 30.6 Å². The Balaban J connectivity index is 0.586. The van der Waals surface area contributed by atoms with Crippen molar-refractivity contribution in [2.45, 2.75) is 238 Å². The molecule has 35 heteroatoms. The number of aromatic nitrogens is 8. The van der Waals surface area contributed by atoms with Gasteiger partial charge in [0.05, 0.1) is 142 Å². The van der Waals surface area contributed by atoms with Gasteiger partial charge in [0.1, 0.15) is 59.2 Å². The molecule has 4 aromatic heterocycles. The van der Waals surface area contributed by atoms with Crippen LogP contribution in [0.1, 0.15) is 170 Å². The number of piperidine rings is 1. The Morgan fingerprint density at radius 1 is 0.717 bits per heavy atom. The van der Waals surface area contributed by atoms with Crippen LogP contribution in [0, 0.1) is 35.5 Å². The number of amides is 2. The summed E-state index contributed by atoms with van der Waals surface area (Å²) in [4.78, 5) is 98.8. The minimum atomic E-state index is -2.47. The number of unbranched alkanes of at least 4 members (excludes halogenated alkanes) is 3. The molecule has 15 atom stereocenters. The van der Waals surface area contributed by atoms with Crippen LogP contribution in [0.4, 0.5) is 11.8 Å². The highest BCUT2D eigenvalue weighted by molar-refractivity contribution is 6.39. The van der Waals surface area contributed by atoms with Gasteiger partial charge >= 0.3 is 5.97 Å². The number of nitrogens with one attached hydrogen (secondary N) is 1. The number of carbonyl (C=O) groups excluding carboxylic acids is 6. The number of anilines is 2. The number of nitrogens with two attached hydrogens (primary N) is 2. The molecule has 706 valence electrons. The molecule has 5 aromatic rings. The predicted octanol–water partition coefficient (Wildman–Crippen LogP) is 9.40. The maximum Gasteiger partial charge on any atom is 0.329 e. The summed E-state index contributed by atoms with van der Waals surface area (Å²) in [5.74, 6) is -8.03. The number of carbonyl (C=O) groups is 6. The van der Waals surface area contributed by atoms with Crippen molar-refractivity contribution in [2.24, 2.45) is 35.5 Å². The summed E-state index contributed by atoms with van der Waals surface area (Å²) in [5.41, 5.74) is 17.2. The topological polar surface area (TPSA) is 440 Å². The summed E-state index contributed by atoms with van der Waals surface area (Å²) >= 11 is 0. The number of benzene rings is 1. The van der Waals surface area contributed by atoms with Gasteiger partial charge < -0.3 is 103 Å². The number of fused-ring (bicyclic) bond motifs is 5. The Hall–Kier alpha value is -8.24. The van der Waals surface area contributed by atoms with Crippen LogP contribution >= 0.6 is 0 Å². The molecule has 3 fully saturated rings. The molecule has 1 saturated carbocycles. The second-order valence-corrected chi connectivity index (χ2v) is 33.9. The molecule has 2 amide bonds. The highest BCUT2D eigenvalue weighted by Gasteiger charge is 2.53. The maximum absolute atomic E-state index is 14.8. The van der Waals surface area contributed by atoms with E-state index in [4.69, 9.17) is 87.3 Å². The molecular weight excluding hydrogens is 1640 g/mol.